The van der Waals surface area contributed by atoms with E-state index in [4.69, 9.17) is 0 Å². The highest BCUT2D eigenvalue weighted by atomic mass is 32.1. The van der Waals surface area contributed by atoms with E-state index in [0.29, 0.717) is 0 Å². The molecule has 2 aromatic heterocycles. The van der Waals surface area contributed by atoms with Crippen molar-refractivity contribution in [2.24, 2.45) is 0 Å². The summed E-state index contributed by atoms with van der Waals surface area (Å²) in [6, 6.07) is 8.42. The van der Waals surface area contributed by atoms with Gasteiger partial charge in [0.15, 0.2) is 0 Å². The molecule has 18 heavy (non-hydrogen) atoms. The molecule has 96 valence electrons. The van der Waals surface area contributed by atoms with Crippen molar-refractivity contribution in [3.05, 3.63) is 46.3 Å². The van der Waals surface area contributed by atoms with Crippen LogP contribution in [-0.4, -0.2) is 30.5 Å². The molecule has 1 N–H and O–H groups in total. The molecule has 0 aliphatic rings. The number of rotatable bonds is 6. The van der Waals surface area contributed by atoms with Crippen molar-refractivity contribution in [1.29, 1.82) is 0 Å². The van der Waals surface area contributed by atoms with E-state index in [-0.39, 0.29) is 0 Å². The van der Waals surface area contributed by atoms with Crippen molar-refractivity contribution in [2.75, 3.05) is 26.0 Å². The van der Waals surface area contributed by atoms with Crippen LogP contribution in [0.3, 0.4) is 0 Å². The first-order valence-electron chi connectivity index (χ1n) is 6.12. The molecule has 0 fully saturated rings. The van der Waals surface area contributed by atoms with Gasteiger partial charge in [-0.2, -0.15) is 0 Å². The van der Waals surface area contributed by atoms with E-state index in [1.54, 1.807) is 0 Å². The maximum absolute atomic E-state index is 4.32. The fraction of sp³-hybridized carbons (Fsp3) is 0.357. The molecular weight excluding hydrogens is 242 g/mol. The number of hydrogen-bond donors (Lipinski definition) is 1. The van der Waals surface area contributed by atoms with E-state index < -0.39 is 0 Å². The van der Waals surface area contributed by atoms with Gasteiger partial charge >= 0.3 is 0 Å². The normalized spacial score (nSPS) is 10.8. The van der Waals surface area contributed by atoms with E-state index in [9.17, 15) is 0 Å². The maximum atomic E-state index is 4.32. The molecule has 3 nitrogen and oxygen atoms in total. The topological polar surface area (TPSA) is 28.2 Å². The SMILES string of the molecule is CNc1ncccc1CN(C)CCc1cccs1. The molecule has 0 amide bonds. The van der Waals surface area contributed by atoms with Crippen LogP contribution in [-0.2, 0) is 13.0 Å². The second kappa shape index (κ2) is 6.52. The lowest BCUT2D eigenvalue weighted by atomic mass is 10.2. The van der Waals surface area contributed by atoms with E-state index in [1.807, 2.05) is 30.6 Å². The van der Waals surface area contributed by atoms with E-state index in [1.165, 1.54) is 10.4 Å². The Balaban J connectivity index is 1.88. The lowest BCUT2D eigenvalue weighted by molar-refractivity contribution is 0.332. The number of hydrogen-bond acceptors (Lipinski definition) is 4. The third-order valence-electron chi connectivity index (χ3n) is 2.89. The van der Waals surface area contributed by atoms with Gasteiger partial charge < -0.3 is 10.2 Å². The summed E-state index contributed by atoms with van der Waals surface area (Å²) in [5, 5.41) is 5.27. The second-order valence-electron chi connectivity index (χ2n) is 4.33. The second-order valence-corrected chi connectivity index (χ2v) is 5.36. The van der Waals surface area contributed by atoms with Crippen LogP contribution in [0.5, 0.6) is 0 Å². The molecule has 0 saturated heterocycles. The van der Waals surface area contributed by atoms with Crippen LogP contribution < -0.4 is 5.32 Å². The largest absolute Gasteiger partial charge is 0.373 e. The highest BCUT2D eigenvalue weighted by molar-refractivity contribution is 7.09. The quantitative estimate of drug-likeness (QED) is 0.866. The van der Waals surface area contributed by atoms with Gasteiger partial charge in [0.2, 0.25) is 0 Å². The summed E-state index contributed by atoms with van der Waals surface area (Å²) in [6.45, 7) is 1.99. The van der Waals surface area contributed by atoms with Crippen LogP contribution in [0.25, 0.3) is 0 Å². The molecule has 0 saturated carbocycles. The first-order valence-corrected chi connectivity index (χ1v) is 7.00. The van der Waals surface area contributed by atoms with E-state index in [2.05, 4.69) is 45.8 Å². The van der Waals surface area contributed by atoms with Crippen molar-refractivity contribution in [2.45, 2.75) is 13.0 Å². The van der Waals surface area contributed by atoms with E-state index >= 15 is 0 Å². The maximum Gasteiger partial charge on any atom is 0.130 e. The molecule has 4 heteroatoms. The van der Waals surface area contributed by atoms with Gasteiger partial charge in [-0.3, -0.25) is 0 Å². The third kappa shape index (κ3) is 3.55. The van der Waals surface area contributed by atoms with E-state index in [0.717, 1.165) is 25.3 Å². The zero-order valence-electron chi connectivity index (χ0n) is 10.9. The summed E-state index contributed by atoms with van der Waals surface area (Å²) < 4.78 is 0. The molecule has 2 aromatic rings. The average Bonchev–Trinajstić information content (AvgIpc) is 2.90. The molecule has 0 unspecified atom stereocenters. The zero-order chi connectivity index (χ0) is 12.8. The van der Waals surface area contributed by atoms with Crippen molar-refractivity contribution < 1.29 is 0 Å². The molecular formula is C14H19N3S. The number of nitrogens with zero attached hydrogens (tertiary/aromatic N) is 2. The molecule has 0 spiro atoms. The number of likely N-dealkylation sites (N-methyl/N-ethyl adjacent to an activating group) is 1. The molecule has 0 radical (unpaired) electrons. The van der Waals surface area contributed by atoms with Crippen molar-refractivity contribution in [1.82, 2.24) is 9.88 Å². The van der Waals surface area contributed by atoms with Crippen LogP contribution in [0, 0.1) is 0 Å². The fourth-order valence-electron chi connectivity index (χ4n) is 1.92. The minimum atomic E-state index is 0.926. The third-order valence-corrected chi connectivity index (χ3v) is 3.82. The predicted octanol–water partition coefficient (Wildman–Crippen LogP) is 2.86. The van der Waals surface area contributed by atoms with Gasteiger partial charge in [-0.1, -0.05) is 12.1 Å². The highest BCUT2D eigenvalue weighted by Gasteiger charge is 2.05. The summed E-state index contributed by atoms with van der Waals surface area (Å²) in [5.41, 5.74) is 1.24. The average molecular weight is 261 g/mol. The van der Waals surface area contributed by atoms with Crippen molar-refractivity contribution >= 4 is 17.2 Å². The Kier molecular flexibility index (Phi) is 4.73. The highest BCUT2D eigenvalue weighted by Crippen LogP contribution is 2.14. The number of aromatic nitrogens is 1. The summed E-state index contributed by atoms with van der Waals surface area (Å²) in [4.78, 5) is 8.10. The first-order chi connectivity index (χ1) is 8.79. The van der Waals surface area contributed by atoms with Gasteiger partial charge in [-0.15, -0.1) is 11.3 Å². The van der Waals surface area contributed by atoms with Crippen LogP contribution in [0.4, 0.5) is 5.82 Å². The van der Waals surface area contributed by atoms with Gasteiger partial charge in [-0.05, 0) is 31.0 Å². The smallest absolute Gasteiger partial charge is 0.130 e. The van der Waals surface area contributed by atoms with Crippen LogP contribution in [0.2, 0.25) is 0 Å². The molecule has 2 heterocycles. The van der Waals surface area contributed by atoms with Gasteiger partial charge in [0, 0.05) is 36.8 Å². The Bertz CT molecular complexity index is 468. The van der Waals surface area contributed by atoms with Crippen LogP contribution in [0.15, 0.2) is 35.8 Å². The Labute approximate surface area is 112 Å². The fourth-order valence-corrected chi connectivity index (χ4v) is 2.62. The minimum Gasteiger partial charge on any atom is -0.373 e. The molecule has 0 atom stereocenters. The first kappa shape index (κ1) is 13.1. The molecule has 0 aromatic carbocycles. The lowest BCUT2D eigenvalue weighted by Gasteiger charge is -2.17. The summed E-state index contributed by atoms with van der Waals surface area (Å²) in [6.07, 6.45) is 2.93. The van der Waals surface area contributed by atoms with Gasteiger partial charge in [0.1, 0.15) is 5.82 Å². The monoisotopic (exact) mass is 261 g/mol. The van der Waals surface area contributed by atoms with Crippen LogP contribution in [0.1, 0.15) is 10.4 Å². The number of thiophene rings is 1. The van der Waals surface area contributed by atoms with Crippen LogP contribution >= 0.6 is 11.3 Å². The molecule has 0 aliphatic carbocycles. The molecule has 0 bridgehead atoms. The summed E-state index contributed by atoms with van der Waals surface area (Å²) >= 11 is 1.83. The standard InChI is InChI=1S/C14H19N3S/c1-15-14-12(5-3-8-16-14)11-17(2)9-7-13-6-4-10-18-13/h3-6,8,10H,7,9,11H2,1-2H3,(H,15,16). The Morgan fingerprint density at radius 1 is 1.33 bits per heavy atom. The number of nitrogens with one attached hydrogen (secondary N) is 1. The van der Waals surface area contributed by atoms with Gasteiger partial charge in [0.25, 0.3) is 0 Å². The van der Waals surface area contributed by atoms with Crippen molar-refractivity contribution in [3.63, 3.8) is 0 Å². The Morgan fingerprint density at radius 3 is 2.94 bits per heavy atom. The molecule has 0 aliphatic heterocycles. The zero-order valence-corrected chi connectivity index (χ0v) is 11.7. The van der Waals surface area contributed by atoms with Gasteiger partial charge in [-0.25, -0.2) is 4.98 Å². The lowest BCUT2D eigenvalue weighted by Crippen LogP contribution is -2.21. The summed E-state index contributed by atoms with van der Waals surface area (Å²) in [5.74, 6) is 0.973. The molecule has 2 rings (SSSR count). The van der Waals surface area contributed by atoms with Gasteiger partial charge in [0.05, 0.1) is 0 Å². The Hall–Kier alpha value is -1.39. The number of pyridine rings is 1. The van der Waals surface area contributed by atoms with Crippen molar-refractivity contribution in [3.8, 4) is 0 Å². The predicted molar refractivity (Wildman–Crippen MR) is 78.1 cm³/mol. The summed E-state index contributed by atoms with van der Waals surface area (Å²) in [7, 11) is 4.07. The Morgan fingerprint density at radius 2 is 2.22 bits per heavy atom. The minimum absolute atomic E-state index is 0.926. The number of anilines is 1.